The lowest BCUT2D eigenvalue weighted by atomic mass is 9.92. The minimum atomic E-state index is 0.605. The lowest BCUT2D eigenvalue weighted by Crippen LogP contribution is -2.01. The highest BCUT2D eigenvalue weighted by Gasteiger charge is 2.22. The molecule has 63 heavy (non-hydrogen) atoms. The predicted octanol–water partition coefficient (Wildman–Crippen LogP) is 15.6. The molecule has 0 aliphatic rings. The van der Waals surface area contributed by atoms with E-state index in [-0.39, 0.29) is 0 Å². The first kappa shape index (κ1) is 35.6. The number of thiophene rings is 1. The minimum absolute atomic E-state index is 0.605. The highest BCUT2D eigenvalue weighted by atomic mass is 32.1. The van der Waals surface area contributed by atoms with Crippen LogP contribution in [-0.4, -0.2) is 19.5 Å². The van der Waals surface area contributed by atoms with Crippen LogP contribution in [0.1, 0.15) is 0 Å². The third-order valence-electron chi connectivity index (χ3n) is 12.3. The van der Waals surface area contributed by atoms with Crippen molar-refractivity contribution in [3.8, 4) is 62.1 Å². The van der Waals surface area contributed by atoms with E-state index in [0.29, 0.717) is 17.5 Å². The quantitative estimate of drug-likeness (QED) is 0.168. The molecule has 0 amide bonds. The summed E-state index contributed by atoms with van der Waals surface area (Å²) >= 11 is 1.83. The molecule has 0 N–H and O–H groups in total. The number of benzene rings is 9. The molecule has 13 aromatic rings. The van der Waals surface area contributed by atoms with Crippen LogP contribution in [0.3, 0.4) is 0 Å². The van der Waals surface area contributed by atoms with Crippen molar-refractivity contribution in [2.24, 2.45) is 0 Å². The molecule has 0 aliphatic heterocycles. The molecule has 4 heterocycles. The van der Waals surface area contributed by atoms with Crippen molar-refractivity contribution in [1.82, 2.24) is 19.5 Å². The van der Waals surface area contributed by atoms with Crippen LogP contribution in [0, 0.1) is 0 Å². The third kappa shape index (κ3) is 5.80. The Morgan fingerprint density at radius 1 is 0.349 bits per heavy atom. The first-order chi connectivity index (χ1) is 31.2. The molecule has 0 fully saturated rings. The van der Waals surface area contributed by atoms with Crippen molar-refractivity contribution in [3.63, 3.8) is 0 Å². The van der Waals surface area contributed by atoms with E-state index in [4.69, 9.17) is 19.4 Å². The molecule has 13 rings (SSSR count). The van der Waals surface area contributed by atoms with E-state index in [1.54, 1.807) is 0 Å². The minimum Gasteiger partial charge on any atom is -0.456 e. The normalized spacial score (nSPS) is 11.8. The second-order valence-electron chi connectivity index (χ2n) is 15.9. The molecule has 0 saturated carbocycles. The molecular weight excluding hydrogens is 789 g/mol. The Hall–Kier alpha value is -8.19. The molecule has 5 nitrogen and oxygen atoms in total. The largest absolute Gasteiger partial charge is 0.456 e. The fourth-order valence-electron chi connectivity index (χ4n) is 9.32. The van der Waals surface area contributed by atoms with Crippen LogP contribution in [0.4, 0.5) is 0 Å². The number of fused-ring (bicyclic) bond motifs is 9. The van der Waals surface area contributed by atoms with Gasteiger partial charge in [-0.15, -0.1) is 11.3 Å². The molecule has 6 heteroatoms. The van der Waals surface area contributed by atoms with Crippen molar-refractivity contribution < 1.29 is 4.42 Å². The topological polar surface area (TPSA) is 56.7 Å². The van der Waals surface area contributed by atoms with E-state index in [0.717, 1.165) is 77.6 Å². The smallest absolute Gasteiger partial charge is 0.164 e. The maximum atomic E-state index is 6.42. The maximum absolute atomic E-state index is 6.42. The maximum Gasteiger partial charge on any atom is 0.164 e. The first-order valence-corrected chi connectivity index (χ1v) is 21.9. The Bertz CT molecular complexity index is 3810. The van der Waals surface area contributed by atoms with Gasteiger partial charge in [-0.3, -0.25) is 0 Å². The van der Waals surface area contributed by atoms with Crippen molar-refractivity contribution in [1.29, 1.82) is 0 Å². The molecule has 0 aliphatic carbocycles. The van der Waals surface area contributed by atoms with E-state index in [9.17, 15) is 0 Å². The summed E-state index contributed by atoms with van der Waals surface area (Å²) in [4.78, 5) is 15.6. The Morgan fingerprint density at radius 3 is 1.62 bits per heavy atom. The number of nitrogens with zero attached hydrogens (tertiary/aromatic N) is 4. The van der Waals surface area contributed by atoms with Gasteiger partial charge in [0, 0.05) is 69.7 Å². The lowest BCUT2D eigenvalue weighted by molar-refractivity contribution is 0.669. The van der Waals surface area contributed by atoms with Gasteiger partial charge in [0.1, 0.15) is 11.2 Å². The molecule has 0 bridgehead atoms. The molecule has 4 aromatic heterocycles. The van der Waals surface area contributed by atoms with Crippen LogP contribution in [0.2, 0.25) is 0 Å². The average Bonchev–Trinajstić information content (AvgIpc) is 4.03. The van der Waals surface area contributed by atoms with Gasteiger partial charge in [0.25, 0.3) is 0 Å². The summed E-state index contributed by atoms with van der Waals surface area (Å²) in [6.07, 6.45) is 0. The van der Waals surface area contributed by atoms with Crippen molar-refractivity contribution in [2.75, 3.05) is 0 Å². The van der Waals surface area contributed by atoms with Crippen molar-refractivity contribution in [3.05, 3.63) is 206 Å². The van der Waals surface area contributed by atoms with E-state index in [1.165, 1.54) is 30.9 Å². The fraction of sp³-hybridized carbons (Fsp3) is 0. The van der Waals surface area contributed by atoms with E-state index < -0.39 is 0 Å². The van der Waals surface area contributed by atoms with Crippen LogP contribution in [0.5, 0.6) is 0 Å². The van der Waals surface area contributed by atoms with E-state index in [1.807, 2.05) is 59.9 Å². The number of rotatable bonds is 6. The van der Waals surface area contributed by atoms with E-state index >= 15 is 0 Å². The molecule has 294 valence electrons. The van der Waals surface area contributed by atoms with Gasteiger partial charge in [0.2, 0.25) is 0 Å². The van der Waals surface area contributed by atoms with Crippen LogP contribution in [0.25, 0.3) is 126 Å². The van der Waals surface area contributed by atoms with Gasteiger partial charge in [-0.05, 0) is 77.4 Å². The molecule has 0 unspecified atom stereocenters. The molecular formula is C57H34N4OS. The highest BCUT2D eigenvalue weighted by Crippen LogP contribution is 2.46. The Morgan fingerprint density at radius 2 is 0.905 bits per heavy atom. The van der Waals surface area contributed by atoms with Crippen LogP contribution >= 0.6 is 11.3 Å². The summed E-state index contributed by atoms with van der Waals surface area (Å²) in [6, 6.07) is 72.8. The lowest BCUT2D eigenvalue weighted by Gasteiger charge is -2.17. The molecule has 9 aromatic carbocycles. The van der Waals surface area contributed by atoms with Gasteiger partial charge in [0.15, 0.2) is 17.5 Å². The van der Waals surface area contributed by atoms with Gasteiger partial charge in [-0.1, -0.05) is 146 Å². The second-order valence-corrected chi connectivity index (χ2v) is 17.0. The number of hydrogen-bond acceptors (Lipinski definition) is 5. The number of hydrogen-bond donors (Lipinski definition) is 0. The van der Waals surface area contributed by atoms with Gasteiger partial charge in [-0.25, -0.2) is 15.0 Å². The first-order valence-electron chi connectivity index (χ1n) is 21.1. The third-order valence-corrected chi connectivity index (χ3v) is 13.5. The zero-order valence-electron chi connectivity index (χ0n) is 33.7. The second kappa shape index (κ2) is 14.2. The number of aromatic nitrogens is 4. The average molecular weight is 823 g/mol. The monoisotopic (exact) mass is 822 g/mol. The summed E-state index contributed by atoms with van der Waals surface area (Å²) in [5, 5.41) is 7.09. The summed E-state index contributed by atoms with van der Waals surface area (Å²) in [5.41, 5.74) is 12.2. The zero-order chi connectivity index (χ0) is 41.4. The Labute approximate surface area is 365 Å². The van der Waals surface area contributed by atoms with E-state index in [2.05, 4.69) is 162 Å². The highest BCUT2D eigenvalue weighted by molar-refractivity contribution is 7.26. The summed E-state index contributed by atoms with van der Waals surface area (Å²) in [7, 11) is 0. The molecule has 0 spiro atoms. The standard InChI is InChI=1S/C57H34N4OS/c1-3-15-35(16-4-1)55-58-56(36-17-5-2-6-18-36)60-57(59-55)45-30-28-37(38-27-29-43-42-21-9-13-25-51(42)62-52(43)32-38)31-46(45)48-34-39(33-47-44-22-10-14-26-53(44)63-54(47)48)61-49-23-11-7-19-40(49)41-20-8-12-24-50(41)61/h1-34H. The Balaban J connectivity index is 1.13. The van der Waals surface area contributed by atoms with Crippen molar-refractivity contribution >= 4 is 75.3 Å². The molecule has 0 atom stereocenters. The fourth-order valence-corrected chi connectivity index (χ4v) is 10.5. The number of furan rings is 1. The van der Waals surface area contributed by atoms with Crippen LogP contribution in [0.15, 0.2) is 211 Å². The van der Waals surface area contributed by atoms with Crippen LogP contribution in [-0.2, 0) is 0 Å². The molecule has 0 saturated heterocycles. The zero-order valence-corrected chi connectivity index (χ0v) is 34.6. The van der Waals surface area contributed by atoms with Gasteiger partial charge >= 0.3 is 0 Å². The summed E-state index contributed by atoms with van der Waals surface area (Å²) in [5.74, 6) is 1.85. The van der Waals surface area contributed by atoms with Gasteiger partial charge in [-0.2, -0.15) is 0 Å². The molecule has 0 radical (unpaired) electrons. The van der Waals surface area contributed by atoms with Gasteiger partial charge in [0.05, 0.1) is 11.0 Å². The van der Waals surface area contributed by atoms with Crippen molar-refractivity contribution in [2.45, 2.75) is 0 Å². The summed E-state index contributed by atoms with van der Waals surface area (Å²) in [6.45, 7) is 0. The number of para-hydroxylation sites is 3. The summed E-state index contributed by atoms with van der Waals surface area (Å²) < 4.78 is 11.3. The SMILES string of the molecule is c1ccc(-c2nc(-c3ccccc3)nc(-c3ccc(-c4ccc5c(c4)oc4ccccc45)cc3-c3cc(-n4c5ccccc5c5ccccc54)cc4c3sc3ccccc34)n2)cc1. The van der Waals surface area contributed by atoms with Crippen LogP contribution < -0.4 is 0 Å². The van der Waals surface area contributed by atoms with Gasteiger partial charge < -0.3 is 8.98 Å². The predicted molar refractivity (Wildman–Crippen MR) is 262 cm³/mol. The Kier molecular flexibility index (Phi) is 8.01.